The average Bonchev–Trinajstić information content (AvgIpc) is 2.99. The molecule has 1 aliphatic carbocycles. The van der Waals surface area contributed by atoms with Crippen molar-refractivity contribution in [1.82, 2.24) is 0 Å². The van der Waals surface area contributed by atoms with Crippen LogP contribution in [0.2, 0.25) is 0 Å². The second-order valence-electron chi connectivity index (χ2n) is 5.32. The topological polar surface area (TPSA) is 65.0 Å². The molecule has 1 rings (SSSR count). The van der Waals surface area contributed by atoms with Gasteiger partial charge in [-0.3, -0.25) is 0 Å². The Hall–Kier alpha value is -1.18. The molecule has 0 N–H and O–H groups in total. The van der Waals surface area contributed by atoms with Crippen LogP contribution in [0.4, 0.5) is 35.1 Å². The van der Waals surface area contributed by atoms with Crippen molar-refractivity contribution in [3.8, 4) is 0 Å². The van der Waals surface area contributed by atoms with Crippen molar-refractivity contribution in [3.05, 3.63) is 0 Å². The van der Waals surface area contributed by atoms with Gasteiger partial charge in [0.1, 0.15) is 0 Å². The highest BCUT2D eigenvalue weighted by Crippen LogP contribution is 2.45. The predicted molar refractivity (Wildman–Crippen MR) is 71.9 cm³/mol. The van der Waals surface area contributed by atoms with E-state index in [2.05, 4.69) is 9.13 Å². The standard InChI is InChI=1S/C12H15F8NO4S/c1-2-24-8(7-5-3-4-6-7)21-26(22,23)12(19,20)11(17,18)25-10(15,16)9(13)14/h7,9H,2-6H2,1H3/b21-8-. The molecule has 0 amide bonds. The van der Waals surface area contributed by atoms with Crippen molar-refractivity contribution in [3.63, 3.8) is 0 Å². The number of hydrogen-bond acceptors (Lipinski definition) is 4. The summed E-state index contributed by atoms with van der Waals surface area (Å²) in [6.07, 6.45) is -15.7. The third-order valence-electron chi connectivity index (χ3n) is 3.39. The molecule has 1 fully saturated rings. The van der Waals surface area contributed by atoms with Gasteiger partial charge in [-0.2, -0.15) is 34.8 Å². The van der Waals surface area contributed by atoms with Crippen molar-refractivity contribution in [1.29, 1.82) is 0 Å². The van der Waals surface area contributed by atoms with Crippen molar-refractivity contribution < 1.29 is 53.0 Å². The number of hydrogen-bond donors (Lipinski definition) is 0. The lowest BCUT2D eigenvalue weighted by molar-refractivity contribution is -0.435. The maximum Gasteiger partial charge on any atom is 0.455 e. The van der Waals surface area contributed by atoms with Gasteiger partial charge in [0.2, 0.25) is 5.90 Å². The molecule has 0 atom stereocenters. The summed E-state index contributed by atoms with van der Waals surface area (Å²) >= 11 is 0. The van der Waals surface area contributed by atoms with E-state index < -0.39 is 45.7 Å². The molecular weight excluding hydrogens is 406 g/mol. The number of ether oxygens (including phenoxy) is 2. The largest absolute Gasteiger partial charge is 0.480 e. The predicted octanol–water partition coefficient (Wildman–Crippen LogP) is 4.00. The Morgan fingerprint density at radius 3 is 2.04 bits per heavy atom. The smallest absolute Gasteiger partial charge is 0.455 e. The first-order valence-electron chi connectivity index (χ1n) is 7.27. The van der Waals surface area contributed by atoms with Crippen LogP contribution in [0.3, 0.4) is 0 Å². The van der Waals surface area contributed by atoms with E-state index in [0.29, 0.717) is 12.8 Å². The molecule has 0 heterocycles. The molecule has 0 aromatic heterocycles. The number of nitrogens with zero attached hydrogens (tertiary/aromatic N) is 1. The fourth-order valence-electron chi connectivity index (χ4n) is 2.14. The minimum Gasteiger partial charge on any atom is -0.480 e. The molecule has 0 aromatic carbocycles. The van der Waals surface area contributed by atoms with E-state index in [4.69, 9.17) is 4.74 Å². The lowest BCUT2D eigenvalue weighted by Gasteiger charge is -2.27. The van der Waals surface area contributed by atoms with Gasteiger partial charge in [0, 0.05) is 5.92 Å². The van der Waals surface area contributed by atoms with Gasteiger partial charge in [-0.1, -0.05) is 12.8 Å². The normalized spacial score (nSPS) is 18.6. The molecule has 26 heavy (non-hydrogen) atoms. The van der Waals surface area contributed by atoms with Crippen molar-refractivity contribution >= 4 is 15.9 Å². The first-order valence-corrected chi connectivity index (χ1v) is 8.71. The summed E-state index contributed by atoms with van der Waals surface area (Å²) in [5.41, 5.74) is 0. The SMILES string of the molecule is CCO/C(=N\S(=O)(=O)C(F)(F)C(F)(F)OC(F)(F)C(F)F)C1CCCC1. The third kappa shape index (κ3) is 4.75. The monoisotopic (exact) mass is 421 g/mol. The summed E-state index contributed by atoms with van der Waals surface area (Å²) in [6.45, 7) is 1.11. The van der Waals surface area contributed by atoms with Gasteiger partial charge in [0.25, 0.3) is 0 Å². The lowest BCUT2D eigenvalue weighted by atomic mass is 10.1. The van der Waals surface area contributed by atoms with Gasteiger partial charge in [-0.05, 0) is 19.8 Å². The Bertz CT molecular complexity index is 617. The molecular formula is C12H15F8NO4S. The van der Waals surface area contributed by atoms with Crippen molar-refractivity contribution in [2.75, 3.05) is 6.61 Å². The van der Waals surface area contributed by atoms with Crippen LogP contribution in [-0.2, 0) is 19.5 Å². The van der Waals surface area contributed by atoms with E-state index in [9.17, 15) is 43.5 Å². The Balaban J connectivity index is 3.22. The van der Waals surface area contributed by atoms with E-state index in [-0.39, 0.29) is 19.4 Å². The maximum atomic E-state index is 13.7. The summed E-state index contributed by atoms with van der Waals surface area (Å²) in [5, 5.41) is -6.35. The van der Waals surface area contributed by atoms with E-state index in [1.54, 1.807) is 0 Å². The summed E-state index contributed by atoms with van der Waals surface area (Å²) in [4.78, 5) is 0. The van der Waals surface area contributed by atoms with E-state index in [1.807, 2.05) is 0 Å². The molecule has 0 aliphatic heterocycles. The van der Waals surface area contributed by atoms with Gasteiger partial charge in [-0.15, -0.1) is 4.40 Å². The average molecular weight is 421 g/mol. The van der Waals surface area contributed by atoms with Crippen molar-refractivity contribution in [2.24, 2.45) is 10.3 Å². The molecule has 0 saturated heterocycles. The molecule has 0 aromatic rings. The highest BCUT2D eigenvalue weighted by atomic mass is 32.2. The van der Waals surface area contributed by atoms with Crippen LogP contribution < -0.4 is 0 Å². The summed E-state index contributed by atoms with van der Waals surface area (Å²) in [5.74, 6) is -1.52. The van der Waals surface area contributed by atoms with Gasteiger partial charge in [0.15, 0.2) is 0 Å². The molecule has 0 bridgehead atoms. The van der Waals surface area contributed by atoms with E-state index >= 15 is 0 Å². The minimum absolute atomic E-state index is 0.229. The van der Waals surface area contributed by atoms with Crippen LogP contribution in [0, 0.1) is 5.92 Å². The van der Waals surface area contributed by atoms with Gasteiger partial charge in [0.05, 0.1) is 6.61 Å². The molecule has 0 unspecified atom stereocenters. The molecule has 14 heteroatoms. The zero-order valence-electron chi connectivity index (χ0n) is 13.2. The molecule has 1 saturated carbocycles. The van der Waals surface area contributed by atoms with Crippen LogP contribution >= 0.6 is 0 Å². The second kappa shape index (κ2) is 7.82. The lowest BCUT2D eigenvalue weighted by Crippen LogP contribution is -2.53. The number of halogens is 8. The molecule has 1 aliphatic rings. The van der Waals surface area contributed by atoms with E-state index in [0.717, 1.165) is 0 Å². The summed E-state index contributed by atoms with van der Waals surface area (Å²) < 4.78 is 135. The van der Waals surface area contributed by atoms with Crippen LogP contribution in [0.25, 0.3) is 0 Å². The third-order valence-corrected chi connectivity index (χ3v) is 4.69. The number of rotatable bonds is 8. The number of sulfonamides is 1. The summed E-state index contributed by atoms with van der Waals surface area (Å²) in [6, 6.07) is 0. The summed E-state index contributed by atoms with van der Waals surface area (Å²) in [7, 11) is -6.50. The molecule has 5 nitrogen and oxygen atoms in total. The van der Waals surface area contributed by atoms with Gasteiger partial charge >= 0.3 is 33.9 Å². The van der Waals surface area contributed by atoms with Crippen LogP contribution in [0.5, 0.6) is 0 Å². The minimum atomic E-state index is -6.50. The Kier molecular flexibility index (Phi) is 6.88. The first-order chi connectivity index (χ1) is 11.7. The van der Waals surface area contributed by atoms with Gasteiger partial charge in [-0.25, -0.2) is 13.5 Å². The Morgan fingerprint density at radius 2 is 1.62 bits per heavy atom. The molecule has 0 spiro atoms. The maximum absolute atomic E-state index is 13.7. The van der Waals surface area contributed by atoms with Crippen molar-refractivity contribution in [2.45, 2.75) is 56.5 Å². The van der Waals surface area contributed by atoms with Crippen LogP contribution in [-0.4, -0.2) is 44.8 Å². The number of alkyl halides is 8. The fourth-order valence-corrected chi connectivity index (χ4v) is 3.04. The van der Waals surface area contributed by atoms with Crippen LogP contribution in [0.1, 0.15) is 32.6 Å². The Labute approximate surface area is 143 Å². The highest BCUT2D eigenvalue weighted by molar-refractivity contribution is 7.91. The Morgan fingerprint density at radius 1 is 1.12 bits per heavy atom. The zero-order valence-corrected chi connectivity index (χ0v) is 14.0. The fraction of sp³-hybridized carbons (Fsp3) is 0.917. The van der Waals surface area contributed by atoms with Crippen LogP contribution in [0.15, 0.2) is 4.40 Å². The zero-order chi connectivity index (χ0) is 20.4. The van der Waals surface area contributed by atoms with E-state index in [1.165, 1.54) is 6.92 Å². The second-order valence-corrected chi connectivity index (χ2v) is 6.96. The highest BCUT2D eigenvalue weighted by Gasteiger charge is 2.72. The van der Waals surface area contributed by atoms with Gasteiger partial charge < -0.3 is 4.74 Å². The molecule has 0 radical (unpaired) electrons. The quantitative estimate of drug-likeness (QED) is 0.338. The molecule has 154 valence electrons. The first kappa shape index (κ1) is 22.9.